The predicted molar refractivity (Wildman–Crippen MR) is 165 cm³/mol. The van der Waals surface area contributed by atoms with E-state index in [0.717, 1.165) is 42.0 Å². The summed E-state index contributed by atoms with van der Waals surface area (Å²) in [6, 6.07) is 10.6. The number of likely N-dealkylation sites (tertiary alicyclic amines) is 1. The molecule has 1 aliphatic heterocycles. The van der Waals surface area contributed by atoms with Crippen molar-refractivity contribution in [3.8, 4) is 11.6 Å². The third-order valence-electron chi connectivity index (χ3n) is 7.83. The summed E-state index contributed by atoms with van der Waals surface area (Å²) in [5, 5.41) is 15.3. The van der Waals surface area contributed by atoms with Gasteiger partial charge in [-0.05, 0) is 69.5 Å². The van der Waals surface area contributed by atoms with Crippen LogP contribution in [0.5, 0.6) is 5.75 Å². The Morgan fingerprint density at radius 3 is 2.67 bits per heavy atom. The number of benzene rings is 1. The van der Waals surface area contributed by atoms with E-state index in [2.05, 4.69) is 27.4 Å². The monoisotopic (exact) mass is 600 g/mol. The van der Waals surface area contributed by atoms with Crippen molar-refractivity contribution in [3.63, 3.8) is 0 Å². The van der Waals surface area contributed by atoms with Crippen LogP contribution in [0.4, 0.5) is 10.7 Å². The van der Waals surface area contributed by atoms with Gasteiger partial charge in [0.1, 0.15) is 21.4 Å². The Labute approximate surface area is 248 Å². The molecule has 2 aliphatic rings. The van der Waals surface area contributed by atoms with Crippen molar-refractivity contribution in [2.24, 2.45) is 0 Å². The number of sulfone groups is 1. The summed E-state index contributed by atoms with van der Waals surface area (Å²) in [6.45, 7) is 5.18. The first-order valence-corrected chi connectivity index (χ1v) is 17.0. The Balaban J connectivity index is 0.000000283. The number of hydrogen-bond acceptors (Lipinski definition) is 8. The summed E-state index contributed by atoms with van der Waals surface area (Å²) >= 11 is 0. The van der Waals surface area contributed by atoms with Crippen LogP contribution in [-0.2, 0) is 9.84 Å². The number of nitrogens with zero attached hydrogens (tertiary/aromatic N) is 4. The number of carboxylic acid groups (broad SMARTS) is 1. The Kier molecular flexibility index (Phi) is 11.4. The summed E-state index contributed by atoms with van der Waals surface area (Å²) in [5.74, 6) is 2.33. The number of carbonyl (C=O) groups is 1. The molecule has 2 fully saturated rings. The van der Waals surface area contributed by atoms with E-state index in [1.807, 2.05) is 41.1 Å². The number of amides is 1. The van der Waals surface area contributed by atoms with E-state index >= 15 is 0 Å². The summed E-state index contributed by atoms with van der Waals surface area (Å²) in [7, 11) is -2.97. The van der Waals surface area contributed by atoms with Crippen LogP contribution < -0.4 is 15.4 Å². The smallest absolute Gasteiger partial charge is 0.404 e. The van der Waals surface area contributed by atoms with Crippen molar-refractivity contribution < 1.29 is 23.1 Å². The minimum absolute atomic E-state index is 0.127. The lowest BCUT2D eigenvalue weighted by molar-refractivity contribution is 0.187. The fourth-order valence-electron chi connectivity index (χ4n) is 5.70. The van der Waals surface area contributed by atoms with Crippen LogP contribution in [0.3, 0.4) is 0 Å². The van der Waals surface area contributed by atoms with Crippen LogP contribution in [0, 0.1) is 0 Å². The zero-order valence-electron chi connectivity index (χ0n) is 24.7. The molecule has 12 heteroatoms. The second-order valence-electron chi connectivity index (χ2n) is 11.0. The summed E-state index contributed by atoms with van der Waals surface area (Å²) in [6.07, 6.45) is 13.0. The number of rotatable bonds is 11. The van der Waals surface area contributed by atoms with Gasteiger partial charge in [0.05, 0.1) is 17.9 Å². The molecule has 0 spiro atoms. The zero-order chi connectivity index (χ0) is 30.0. The van der Waals surface area contributed by atoms with Crippen molar-refractivity contribution in [2.75, 3.05) is 43.6 Å². The predicted octanol–water partition coefficient (Wildman–Crippen LogP) is 4.72. The van der Waals surface area contributed by atoms with Crippen molar-refractivity contribution >= 4 is 32.8 Å². The average molecular weight is 601 g/mol. The van der Waals surface area contributed by atoms with E-state index in [4.69, 9.17) is 14.8 Å². The summed E-state index contributed by atoms with van der Waals surface area (Å²) in [4.78, 5) is 21.7. The van der Waals surface area contributed by atoms with E-state index in [1.165, 1.54) is 44.8 Å². The van der Waals surface area contributed by atoms with Gasteiger partial charge in [-0.3, -0.25) is 4.90 Å². The van der Waals surface area contributed by atoms with Crippen LogP contribution in [0.1, 0.15) is 58.3 Å². The normalized spacial score (nSPS) is 17.9. The number of anilines is 1. The zero-order valence-corrected chi connectivity index (χ0v) is 25.5. The highest BCUT2D eigenvalue weighted by Crippen LogP contribution is 2.29. The highest BCUT2D eigenvalue weighted by molar-refractivity contribution is 7.90. The highest BCUT2D eigenvalue weighted by atomic mass is 32.2. The van der Waals surface area contributed by atoms with Gasteiger partial charge in [-0.2, -0.15) is 4.98 Å². The molecule has 42 heavy (non-hydrogen) atoms. The number of ether oxygens (including phenoxy) is 1. The summed E-state index contributed by atoms with van der Waals surface area (Å²) in [5.41, 5.74) is 0.984. The molecule has 3 N–H and O–H groups in total. The maximum atomic E-state index is 11.3. The molecule has 1 aliphatic carbocycles. The molecule has 1 aromatic carbocycles. The fourth-order valence-corrected chi connectivity index (χ4v) is 6.34. The van der Waals surface area contributed by atoms with Gasteiger partial charge in [-0.25, -0.2) is 18.2 Å². The molecule has 1 atom stereocenters. The number of aromatic nitrogens is 3. The van der Waals surface area contributed by atoms with Crippen LogP contribution >= 0.6 is 0 Å². The Morgan fingerprint density at radius 2 is 1.93 bits per heavy atom. The van der Waals surface area contributed by atoms with E-state index in [-0.39, 0.29) is 5.75 Å². The number of fused-ring (bicyclic) bond motifs is 1. The van der Waals surface area contributed by atoms with Crippen molar-refractivity contribution in [1.82, 2.24) is 24.8 Å². The molecule has 11 nitrogen and oxygen atoms in total. The molecule has 0 unspecified atom stereocenters. The van der Waals surface area contributed by atoms with E-state index < -0.39 is 15.9 Å². The molecule has 1 saturated heterocycles. The van der Waals surface area contributed by atoms with Gasteiger partial charge in [0.2, 0.25) is 5.95 Å². The van der Waals surface area contributed by atoms with Gasteiger partial charge in [0.15, 0.2) is 0 Å². The van der Waals surface area contributed by atoms with Crippen molar-refractivity contribution in [3.05, 3.63) is 42.7 Å². The lowest BCUT2D eigenvalue weighted by atomic mass is 9.96. The molecule has 2 aromatic heterocycles. The van der Waals surface area contributed by atoms with E-state index in [9.17, 15) is 13.2 Å². The SMILES string of the molecule is CCN1CCC[C@@H]1CNC(=O)O.CS(=O)(=O)CCCOc1cccc2c1ccn2-c1ccnc(NC2CCCCC2)n1. The molecule has 230 valence electrons. The van der Waals surface area contributed by atoms with Gasteiger partial charge in [0, 0.05) is 42.7 Å². The van der Waals surface area contributed by atoms with Crippen LogP contribution in [-0.4, -0.2) is 89.4 Å². The van der Waals surface area contributed by atoms with E-state index in [0.29, 0.717) is 37.6 Å². The standard InChI is InChI=1S/C22H28N4O3S.C8H16N2O2/c1-30(27,28)16-6-15-29-20-10-5-9-19-18(20)12-14-26(19)21-11-13-23-22(25-21)24-17-7-3-2-4-8-17;1-2-10-5-3-4-7(10)6-9-8(11)12/h5,9-14,17H,2-4,6-8,15-16H2,1H3,(H,23,24,25);7,9H,2-6H2,1H3,(H,11,12)/t;7-/m.1/s1. The Bertz CT molecular complexity index is 1410. The third kappa shape index (κ3) is 9.32. The number of likely N-dealkylation sites (N-methyl/N-ethyl adjacent to an activating group) is 1. The Hall–Kier alpha value is -3.38. The molecule has 1 amide bonds. The number of nitrogens with one attached hydrogen (secondary N) is 2. The molecule has 0 radical (unpaired) electrons. The van der Waals surface area contributed by atoms with Crippen molar-refractivity contribution in [2.45, 2.75) is 70.4 Å². The fraction of sp³-hybridized carbons (Fsp3) is 0.567. The van der Waals surface area contributed by atoms with E-state index in [1.54, 1.807) is 6.20 Å². The largest absolute Gasteiger partial charge is 0.493 e. The molecular formula is C30H44N6O5S. The maximum Gasteiger partial charge on any atom is 0.404 e. The first-order chi connectivity index (χ1) is 20.2. The average Bonchev–Trinajstić information content (AvgIpc) is 3.62. The van der Waals surface area contributed by atoms with Gasteiger partial charge >= 0.3 is 6.09 Å². The van der Waals surface area contributed by atoms with Crippen molar-refractivity contribution in [1.29, 1.82) is 0 Å². The van der Waals surface area contributed by atoms with Crippen LogP contribution in [0.15, 0.2) is 42.7 Å². The quantitative estimate of drug-likeness (QED) is 0.267. The molecule has 5 rings (SSSR count). The van der Waals surface area contributed by atoms with Gasteiger partial charge in [0.25, 0.3) is 0 Å². The second-order valence-corrected chi connectivity index (χ2v) is 13.3. The first kappa shape index (κ1) is 31.6. The highest BCUT2D eigenvalue weighted by Gasteiger charge is 2.22. The molecule has 3 heterocycles. The lowest BCUT2D eigenvalue weighted by Gasteiger charge is -2.22. The molecule has 0 bridgehead atoms. The molecule has 3 aromatic rings. The minimum Gasteiger partial charge on any atom is -0.493 e. The van der Waals surface area contributed by atoms with Gasteiger partial charge in [-0.15, -0.1) is 0 Å². The third-order valence-corrected chi connectivity index (χ3v) is 8.86. The molecular weight excluding hydrogens is 556 g/mol. The second kappa shape index (κ2) is 15.2. The number of hydrogen-bond donors (Lipinski definition) is 3. The topological polar surface area (TPSA) is 139 Å². The maximum absolute atomic E-state index is 11.3. The van der Waals surface area contributed by atoms with Crippen LogP contribution in [0.2, 0.25) is 0 Å². The van der Waals surface area contributed by atoms with Gasteiger partial charge in [-0.1, -0.05) is 32.3 Å². The minimum atomic E-state index is -2.97. The van der Waals surface area contributed by atoms with Crippen LogP contribution in [0.25, 0.3) is 16.7 Å². The van der Waals surface area contributed by atoms with Gasteiger partial charge < -0.3 is 25.0 Å². The Morgan fingerprint density at radius 1 is 1.12 bits per heavy atom. The first-order valence-electron chi connectivity index (χ1n) is 14.9. The lowest BCUT2D eigenvalue weighted by Crippen LogP contribution is -2.39. The molecule has 1 saturated carbocycles. The summed E-state index contributed by atoms with van der Waals surface area (Å²) < 4.78 is 30.5.